The Labute approximate surface area is 163 Å². The summed E-state index contributed by atoms with van der Waals surface area (Å²) < 4.78 is 5.18. The van der Waals surface area contributed by atoms with E-state index in [0.29, 0.717) is 35.0 Å². The largest absolute Gasteiger partial charge is 0.497 e. The number of ether oxygens (including phenoxy) is 1. The van der Waals surface area contributed by atoms with Crippen LogP contribution in [0.25, 0.3) is 0 Å². The SMILES string of the molecule is COC1=C/C(=C/NCc2ccc(C(=O)Nc3ccccc3N)cc2)C(=N)C=C1. The fraction of sp³-hybridized carbons (Fsp3) is 0.0909. The molecule has 142 valence electrons. The van der Waals surface area contributed by atoms with E-state index in [1.807, 2.05) is 24.3 Å². The molecule has 6 heteroatoms. The topological polar surface area (TPSA) is 100 Å². The minimum atomic E-state index is -0.209. The van der Waals surface area contributed by atoms with Crippen LogP contribution in [-0.4, -0.2) is 18.7 Å². The molecule has 0 spiro atoms. The van der Waals surface area contributed by atoms with Gasteiger partial charge in [0.15, 0.2) is 0 Å². The summed E-state index contributed by atoms with van der Waals surface area (Å²) in [5.41, 5.74) is 9.71. The molecule has 3 rings (SSSR count). The summed E-state index contributed by atoms with van der Waals surface area (Å²) in [6.07, 6.45) is 7.04. The number of methoxy groups -OCH3 is 1. The minimum absolute atomic E-state index is 0.209. The molecule has 2 aromatic carbocycles. The predicted molar refractivity (Wildman–Crippen MR) is 112 cm³/mol. The number of benzene rings is 2. The average molecular weight is 374 g/mol. The number of para-hydroxylation sites is 2. The molecule has 0 radical (unpaired) electrons. The minimum Gasteiger partial charge on any atom is -0.497 e. The molecule has 28 heavy (non-hydrogen) atoms. The first-order valence-electron chi connectivity index (χ1n) is 8.78. The Morgan fingerprint density at radius 1 is 1.14 bits per heavy atom. The lowest BCUT2D eigenvalue weighted by Crippen LogP contribution is -2.13. The zero-order valence-corrected chi connectivity index (χ0v) is 15.5. The molecule has 0 fully saturated rings. The van der Waals surface area contributed by atoms with Gasteiger partial charge in [-0.2, -0.15) is 0 Å². The van der Waals surface area contributed by atoms with Gasteiger partial charge >= 0.3 is 0 Å². The van der Waals surface area contributed by atoms with E-state index in [0.717, 1.165) is 11.1 Å². The smallest absolute Gasteiger partial charge is 0.255 e. The molecule has 1 amide bonds. The van der Waals surface area contributed by atoms with Gasteiger partial charge in [0.2, 0.25) is 0 Å². The number of carbonyl (C=O) groups is 1. The van der Waals surface area contributed by atoms with Crippen LogP contribution in [-0.2, 0) is 11.3 Å². The van der Waals surface area contributed by atoms with Gasteiger partial charge in [0.1, 0.15) is 5.76 Å². The Bertz CT molecular complexity index is 972. The van der Waals surface area contributed by atoms with Gasteiger partial charge in [-0.3, -0.25) is 4.79 Å². The van der Waals surface area contributed by atoms with Gasteiger partial charge in [0.25, 0.3) is 5.91 Å². The normalized spacial score (nSPS) is 14.5. The van der Waals surface area contributed by atoms with Crippen LogP contribution >= 0.6 is 0 Å². The van der Waals surface area contributed by atoms with Crippen molar-refractivity contribution in [3.8, 4) is 0 Å². The van der Waals surface area contributed by atoms with E-state index in [2.05, 4.69) is 10.6 Å². The van der Waals surface area contributed by atoms with E-state index in [4.69, 9.17) is 15.9 Å². The van der Waals surface area contributed by atoms with E-state index in [1.165, 1.54) is 0 Å². The molecule has 0 atom stereocenters. The fourth-order valence-corrected chi connectivity index (χ4v) is 2.65. The van der Waals surface area contributed by atoms with Crippen LogP contribution in [0.2, 0.25) is 0 Å². The molecule has 5 N–H and O–H groups in total. The molecule has 0 unspecified atom stereocenters. The van der Waals surface area contributed by atoms with Crippen LogP contribution in [0.4, 0.5) is 11.4 Å². The second kappa shape index (κ2) is 8.73. The number of anilines is 2. The first kappa shape index (κ1) is 19.0. The third-order valence-electron chi connectivity index (χ3n) is 4.25. The number of nitrogen functional groups attached to an aromatic ring is 1. The van der Waals surface area contributed by atoms with Crippen molar-refractivity contribution in [1.82, 2.24) is 5.32 Å². The van der Waals surface area contributed by atoms with Crippen LogP contribution in [0.5, 0.6) is 0 Å². The molecule has 2 aromatic rings. The van der Waals surface area contributed by atoms with Crippen LogP contribution in [0.15, 0.2) is 84.3 Å². The van der Waals surface area contributed by atoms with E-state index < -0.39 is 0 Å². The summed E-state index contributed by atoms with van der Waals surface area (Å²) in [5.74, 6) is 0.498. The van der Waals surface area contributed by atoms with Crippen molar-refractivity contribution < 1.29 is 9.53 Å². The maximum Gasteiger partial charge on any atom is 0.255 e. The van der Waals surface area contributed by atoms with E-state index >= 15 is 0 Å². The number of nitrogens with two attached hydrogens (primary N) is 1. The summed E-state index contributed by atoms with van der Waals surface area (Å²) in [5, 5.41) is 13.9. The van der Waals surface area contributed by atoms with Crippen molar-refractivity contribution in [2.24, 2.45) is 0 Å². The van der Waals surface area contributed by atoms with E-state index in [9.17, 15) is 4.79 Å². The molecule has 0 aliphatic heterocycles. The number of rotatable bonds is 6. The molecule has 6 nitrogen and oxygen atoms in total. The molecular formula is C22H22N4O2. The molecule has 0 saturated carbocycles. The number of hydrogen-bond donors (Lipinski definition) is 4. The van der Waals surface area contributed by atoms with Gasteiger partial charge in [-0.25, -0.2) is 0 Å². The lowest BCUT2D eigenvalue weighted by molar-refractivity contribution is 0.102. The van der Waals surface area contributed by atoms with Gasteiger partial charge in [-0.15, -0.1) is 0 Å². The highest BCUT2D eigenvalue weighted by Gasteiger charge is 2.08. The van der Waals surface area contributed by atoms with Gasteiger partial charge in [0.05, 0.1) is 24.2 Å². The maximum absolute atomic E-state index is 12.4. The summed E-state index contributed by atoms with van der Waals surface area (Å²) >= 11 is 0. The number of nitrogens with one attached hydrogen (secondary N) is 3. The zero-order chi connectivity index (χ0) is 19.9. The Morgan fingerprint density at radius 3 is 2.61 bits per heavy atom. The quantitative estimate of drug-likeness (QED) is 0.580. The van der Waals surface area contributed by atoms with Crippen molar-refractivity contribution in [1.29, 1.82) is 5.41 Å². The molecule has 1 aliphatic rings. The Hall–Kier alpha value is -3.80. The lowest BCUT2D eigenvalue weighted by atomic mass is 10.1. The highest BCUT2D eigenvalue weighted by molar-refractivity contribution is 6.09. The monoisotopic (exact) mass is 374 g/mol. The fourth-order valence-electron chi connectivity index (χ4n) is 2.65. The van der Waals surface area contributed by atoms with E-state index in [1.54, 1.807) is 55.8 Å². The average Bonchev–Trinajstić information content (AvgIpc) is 2.71. The number of carbonyl (C=O) groups excluding carboxylic acids is 1. The van der Waals surface area contributed by atoms with Crippen LogP contribution < -0.4 is 16.4 Å². The Kier molecular flexibility index (Phi) is 5.91. The summed E-state index contributed by atoms with van der Waals surface area (Å²) in [7, 11) is 1.60. The van der Waals surface area contributed by atoms with Crippen molar-refractivity contribution in [3.63, 3.8) is 0 Å². The lowest BCUT2D eigenvalue weighted by Gasteiger charge is -2.11. The van der Waals surface area contributed by atoms with Gasteiger partial charge in [-0.05, 0) is 48.1 Å². The molecule has 0 aromatic heterocycles. The standard InChI is InChI=1S/C22H22N4O2/c1-28-18-10-11-19(23)17(12-18)14-25-13-15-6-8-16(9-7-15)22(27)26-21-5-3-2-4-20(21)24/h2-12,14,23,25H,13,24H2,1H3,(H,26,27)/b17-14-,23-19?. The molecule has 0 saturated heterocycles. The predicted octanol–water partition coefficient (Wildman–Crippen LogP) is 3.61. The first-order valence-corrected chi connectivity index (χ1v) is 8.78. The highest BCUT2D eigenvalue weighted by Crippen LogP contribution is 2.18. The summed E-state index contributed by atoms with van der Waals surface area (Å²) in [6.45, 7) is 0.574. The van der Waals surface area contributed by atoms with Crippen molar-refractivity contribution in [2.45, 2.75) is 6.54 Å². The molecule has 1 aliphatic carbocycles. The van der Waals surface area contributed by atoms with Crippen LogP contribution in [0.3, 0.4) is 0 Å². The summed E-state index contributed by atoms with van der Waals surface area (Å²) in [4.78, 5) is 12.4. The van der Waals surface area contributed by atoms with Gasteiger partial charge in [0, 0.05) is 23.9 Å². The highest BCUT2D eigenvalue weighted by atomic mass is 16.5. The van der Waals surface area contributed by atoms with Crippen molar-refractivity contribution >= 4 is 23.0 Å². The third-order valence-corrected chi connectivity index (χ3v) is 4.25. The summed E-state index contributed by atoms with van der Waals surface area (Å²) in [6, 6.07) is 14.5. The second-order valence-corrected chi connectivity index (χ2v) is 6.22. The van der Waals surface area contributed by atoms with E-state index in [-0.39, 0.29) is 5.91 Å². The number of amides is 1. The zero-order valence-electron chi connectivity index (χ0n) is 15.5. The Balaban J connectivity index is 1.59. The van der Waals surface area contributed by atoms with Crippen LogP contribution in [0, 0.1) is 5.41 Å². The van der Waals surface area contributed by atoms with Gasteiger partial charge in [-0.1, -0.05) is 24.3 Å². The van der Waals surface area contributed by atoms with Gasteiger partial charge < -0.3 is 26.5 Å². The first-order chi connectivity index (χ1) is 13.6. The Morgan fingerprint density at radius 2 is 1.89 bits per heavy atom. The second-order valence-electron chi connectivity index (χ2n) is 6.22. The number of allylic oxidation sites excluding steroid dienone is 4. The molecule has 0 bridgehead atoms. The van der Waals surface area contributed by atoms with Crippen molar-refractivity contribution in [3.05, 3.63) is 95.4 Å². The van der Waals surface area contributed by atoms with Crippen molar-refractivity contribution in [2.75, 3.05) is 18.2 Å². The number of hydrogen-bond acceptors (Lipinski definition) is 5. The third kappa shape index (κ3) is 4.67. The molecular weight excluding hydrogens is 352 g/mol. The maximum atomic E-state index is 12.4. The molecule has 0 heterocycles. The van der Waals surface area contributed by atoms with Crippen LogP contribution in [0.1, 0.15) is 15.9 Å².